The molecule has 0 spiro atoms. The van der Waals surface area contributed by atoms with Crippen molar-refractivity contribution in [1.29, 1.82) is 0 Å². The van der Waals surface area contributed by atoms with Crippen LogP contribution in [0.2, 0.25) is 0 Å². The van der Waals surface area contributed by atoms with E-state index in [1.54, 1.807) is 29.5 Å². The highest BCUT2D eigenvalue weighted by atomic mass is 32.1. The average molecular weight is 206 g/mol. The minimum atomic E-state index is 0.253. The molecule has 1 aromatic heterocycles. The summed E-state index contributed by atoms with van der Waals surface area (Å²) in [6.07, 6.45) is 0. The molecule has 1 heterocycles. The minimum absolute atomic E-state index is 0.253. The molecule has 0 fully saturated rings. The molecule has 2 rings (SSSR count). The van der Waals surface area contributed by atoms with E-state index in [1.165, 1.54) is 0 Å². The molecule has 1 aromatic carbocycles. The number of phenols is 1. The maximum absolute atomic E-state index is 9.24. The van der Waals surface area contributed by atoms with Gasteiger partial charge in [-0.2, -0.15) is 0 Å². The molecule has 0 saturated carbocycles. The summed E-state index contributed by atoms with van der Waals surface area (Å²) in [6.45, 7) is 1.95. The van der Waals surface area contributed by atoms with Gasteiger partial charge in [0.25, 0.3) is 0 Å². The number of rotatable bonds is 2. The molecule has 2 N–H and O–H groups in total. The van der Waals surface area contributed by atoms with Crippen molar-refractivity contribution in [2.45, 2.75) is 6.92 Å². The normalized spacial score (nSPS) is 10.1. The SMILES string of the molecule is Cc1csc(Nc2cccc(O)c2)n1. The summed E-state index contributed by atoms with van der Waals surface area (Å²) in [5.74, 6) is 0.253. The summed E-state index contributed by atoms with van der Waals surface area (Å²) in [5.41, 5.74) is 1.84. The molecule has 14 heavy (non-hydrogen) atoms. The monoisotopic (exact) mass is 206 g/mol. The lowest BCUT2D eigenvalue weighted by Crippen LogP contribution is -1.88. The molecular weight excluding hydrogens is 196 g/mol. The largest absolute Gasteiger partial charge is 0.508 e. The van der Waals surface area contributed by atoms with E-state index >= 15 is 0 Å². The smallest absolute Gasteiger partial charge is 0.187 e. The fraction of sp³-hybridized carbons (Fsp3) is 0.100. The molecule has 72 valence electrons. The number of aryl methyl sites for hydroxylation is 1. The van der Waals surface area contributed by atoms with Crippen molar-refractivity contribution >= 4 is 22.2 Å². The number of benzene rings is 1. The number of nitrogens with one attached hydrogen (secondary N) is 1. The molecule has 0 aliphatic rings. The van der Waals surface area contributed by atoms with Crippen molar-refractivity contribution in [3.05, 3.63) is 35.3 Å². The fourth-order valence-electron chi connectivity index (χ4n) is 1.12. The predicted molar refractivity (Wildman–Crippen MR) is 58.2 cm³/mol. The van der Waals surface area contributed by atoms with Gasteiger partial charge in [0, 0.05) is 17.1 Å². The van der Waals surface area contributed by atoms with Crippen molar-refractivity contribution in [2.75, 3.05) is 5.32 Å². The number of hydrogen-bond acceptors (Lipinski definition) is 4. The number of thiazole rings is 1. The van der Waals surface area contributed by atoms with Gasteiger partial charge in [0.05, 0.1) is 5.69 Å². The Morgan fingerprint density at radius 2 is 2.29 bits per heavy atom. The highest BCUT2D eigenvalue weighted by Crippen LogP contribution is 2.22. The van der Waals surface area contributed by atoms with E-state index in [0.717, 1.165) is 16.5 Å². The van der Waals surface area contributed by atoms with E-state index in [2.05, 4.69) is 10.3 Å². The predicted octanol–water partition coefficient (Wildman–Crippen LogP) is 2.90. The second-order valence-electron chi connectivity index (χ2n) is 2.97. The van der Waals surface area contributed by atoms with Crippen molar-refractivity contribution < 1.29 is 5.11 Å². The average Bonchev–Trinajstić information content (AvgIpc) is 2.51. The molecule has 3 nitrogen and oxygen atoms in total. The number of aromatic hydroxyl groups is 1. The van der Waals surface area contributed by atoms with Gasteiger partial charge in [0.2, 0.25) is 0 Å². The van der Waals surface area contributed by atoms with E-state index in [-0.39, 0.29) is 5.75 Å². The lowest BCUT2D eigenvalue weighted by atomic mass is 10.3. The highest BCUT2D eigenvalue weighted by molar-refractivity contribution is 7.13. The van der Waals surface area contributed by atoms with E-state index in [9.17, 15) is 5.11 Å². The van der Waals surface area contributed by atoms with Gasteiger partial charge >= 0.3 is 0 Å². The van der Waals surface area contributed by atoms with Gasteiger partial charge in [-0.25, -0.2) is 4.98 Å². The van der Waals surface area contributed by atoms with Crippen LogP contribution < -0.4 is 5.32 Å². The summed E-state index contributed by atoms with van der Waals surface area (Å²) < 4.78 is 0. The van der Waals surface area contributed by atoms with Crippen molar-refractivity contribution in [1.82, 2.24) is 4.98 Å². The third kappa shape index (κ3) is 2.03. The molecule has 0 amide bonds. The number of phenolic OH excluding ortho intramolecular Hbond substituents is 1. The van der Waals surface area contributed by atoms with Crippen LogP contribution in [0.4, 0.5) is 10.8 Å². The van der Waals surface area contributed by atoms with E-state index < -0.39 is 0 Å². The molecule has 0 radical (unpaired) electrons. The van der Waals surface area contributed by atoms with Gasteiger partial charge in [0.15, 0.2) is 5.13 Å². The Balaban J connectivity index is 2.18. The van der Waals surface area contributed by atoms with Crippen LogP contribution >= 0.6 is 11.3 Å². The van der Waals surface area contributed by atoms with Crippen molar-refractivity contribution in [2.24, 2.45) is 0 Å². The molecular formula is C10H10N2OS. The van der Waals surface area contributed by atoms with Gasteiger partial charge in [-0.05, 0) is 19.1 Å². The Bertz CT molecular complexity index is 439. The van der Waals surface area contributed by atoms with Crippen LogP contribution in [0.25, 0.3) is 0 Å². The van der Waals surface area contributed by atoms with Crippen LogP contribution in [-0.4, -0.2) is 10.1 Å². The van der Waals surface area contributed by atoms with Crippen LogP contribution in [0.1, 0.15) is 5.69 Å². The number of anilines is 2. The molecule has 2 aromatic rings. The maximum Gasteiger partial charge on any atom is 0.187 e. The van der Waals surface area contributed by atoms with Gasteiger partial charge in [-0.15, -0.1) is 11.3 Å². The van der Waals surface area contributed by atoms with Crippen molar-refractivity contribution in [3.8, 4) is 5.75 Å². The molecule has 0 bridgehead atoms. The standard InChI is InChI=1S/C10H10N2OS/c1-7-6-14-10(11-7)12-8-3-2-4-9(13)5-8/h2-6,13H,1H3,(H,11,12). The number of hydrogen-bond donors (Lipinski definition) is 2. The zero-order valence-electron chi connectivity index (χ0n) is 7.69. The zero-order chi connectivity index (χ0) is 9.97. The number of nitrogens with zero attached hydrogens (tertiary/aromatic N) is 1. The molecule has 0 aliphatic heterocycles. The topological polar surface area (TPSA) is 45.1 Å². The van der Waals surface area contributed by atoms with E-state index in [4.69, 9.17) is 0 Å². The third-order valence-electron chi connectivity index (χ3n) is 1.72. The van der Waals surface area contributed by atoms with Crippen LogP contribution in [0.5, 0.6) is 5.75 Å². The number of aromatic nitrogens is 1. The Hall–Kier alpha value is -1.55. The van der Waals surface area contributed by atoms with E-state index in [0.29, 0.717) is 0 Å². The first kappa shape index (κ1) is 9.02. The zero-order valence-corrected chi connectivity index (χ0v) is 8.51. The first-order chi connectivity index (χ1) is 6.74. The van der Waals surface area contributed by atoms with Crippen LogP contribution in [0.3, 0.4) is 0 Å². The molecule has 0 aliphatic carbocycles. The van der Waals surface area contributed by atoms with Gasteiger partial charge in [-0.1, -0.05) is 6.07 Å². The Kier molecular flexibility index (Phi) is 2.37. The van der Waals surface area contributed by atoms with Crippen LogP contribution in [0, 0.1) is 6.92 Å². The van der Waals surface area contributed by atoms with Crippen LogP contribution in [-0.2, 0) is 0 Å². The fourth-order valence-corrected chi connectivity index (χ4v) is 1.83. The first-order valence-corrected chi connectivity index (χ1v) is 5.10. The Morgan fingerprint density at radius 3 is 2.93 bits per heavy atom. The van der Waals surface area contributed by atoms with E-state index in [1.807, 2.05) is 18.4 Å². The van der Waals surface area contributed by atoms with Gasteiger partial charge in [-0.3, -0.25) is 0 Å². The summed E-state index contributed by atoms with van der Waals surface area (Å²) in [6, 6.07) is 6.98. The quantitative estimate of drug-likeness (QED) is 0.794. The highest BCUT2D eigenvalue weighted by Gasteiger charge is 1.99. The lowest BCUT2D eigenvalue weighted by molar-refractivity contribution is 0.475. The Labute approximate surface area is 86.1 Å². The molecule has 4 heteroatoms. The third-order valence-corrected chi connectivity index (χ3v) is 2.59. The van der Waals surface area contributed by atoms with Crippen molar-refractivity contribution in [3.63, 3.8) is 0 Å². The Morgan fingerprint density at radius 1 is 1.43 bits per heavy atom. The molecule has 0 atom stereocenters. The second-order valence-corrected chi connectivity index (χ2v) is 3.83. The first-order valence-electron chi connectivity index (χ1n) is 4.22. The summed E-state index contributed by atoms with van der Waals surface area (Å²) in [4.78, 5) is 4.26. The van der Waals surface area contributed by atoms with Gasteiger partial charge in [0.1, 0.15) is 5.75 Å². The summed E-state index contributed by atoms with van der Waals surface area (Å²) >= 11 is 1.55. The molecule has 0 unspecified atom stereocenters. The summed E-state index contributed by atoms with van der Waals surface area (Å²) in [5, 5.41) is 15.2. The summed E-state index contributed by atoms with van der Waals surface area (Å²) in [7, 11) is 0. The van der Waals surface area contributed by atoms with Gasteiger partial charge < -0.3 is 10.4 Å². The lowest BCUT2D eigenvalue weighted by Gasteiger charge is -2.01. The van der Waals surface area contributed by atoms with Crippen LogP contribution in [0.15, 0.2) is 29.6 Å². The maximum atomic E-state index is 9.24. The minimum Gasteiger partial charge on any atom is -0.508 e. The second kappa shape index (κ2) is 3.67. The molecule has 0 saturated heterocycles.